The van der Waals surface area contributed by atoms with Crippen LogP contribution >= 0.6 is 8.38 Å². The van der Waals surface area contributed by atoms with Crippen molar-refractivity contribution < 1.29 is 28.0 Å². The van der Waals surface area contributed by atoms with E-state index in [1.54, 1.807) is 33.7 Å². The van der Waals surface area contributed by atoms with Gasteiger partial charge in [0, 0.05) is 18.2 Å². The average molecular weight is 796 g/mol. The van der Waals surface area contributed by atoms with Crippen molar-refractivity contribution in [3.8, 4) is 17.6 Å². The predicted molar refractivity (Wildman–Crippen MR) is 217 cm³/mol. The Morgan fingerprint density at radius 3 is 2.23 bits per heavy atom. The Bertz CT molecular complexity index is 2120. The fourth-order valence-electron chi connectivity index (χ4n) is 7.09. The molecule has 3 aromatic carbocycles. The van der Waals surface area contributed by atoms with E-state index in [2.05, 4.69) is 34.9 Å². The van der Waals surface area contributed by atoms with E-state index in [1.165, 1.54) is 10.8 Å². The molecule has 1 fully saturated rings. The normalized spacial score (nSPS) is 18.4. The summed E-state index contributed by atoms with van der Waals surface area (Å²) in [7, 11) is 1.43. The summed E-state index contributed by atoms with van der Waals surface area (Å²) >= 11 is 0. The molecule has 2 N–H and O–H groups in total. The minimum Gasteiger partial charge on any atom is -0.497 e. The molecule has 0 spiro atoms. The van der Waals surface area contributed by atoms with Crippen LogP contribution in [0, 0.1) is 24.2 Å². The Hall–Kier alpha value is -5.09. The van der Waals surface area contributed by atoms with Crippen molar-refractivity contribution in [2.24, 2.45) is 5.92 Å². The number of hydrogen-bond donors (Lipinski definition) is 2. The van der Waals surface area contributed by atoms with Crippen LogP contribution in [0.3, 0.4) is 0 Å². The Morgan fingerprint density at radius 2 is 1.65 bits per heavy atom. The van der Waals surface area contributed by atoms with E-state index in [-0.39, 0.29) is 25.4 Å². The number of imidazole rings is 1. The van der Waals surface area contributed by atoms with Gasteiger partial charge in [-0.15, -0.1) is 0 Å². The molecule has 14 heteroatoms. The molecule has 6 atom stereocenters. The topological polar surface area (TPSA) is 163 Å². The standard InChI is InChI=1S/C43H50N5O8P/c1-6-7-11-29(2)36(22-23-44)55-57(39-25-45-28-46-39)56-37-24-40(48-26-30(3)41(49)47-42(48)50)54-38(37)27-53-43(31-12-9-8-10-13-31,32-14-18-34(51-4)19-15-32)33-16-20-35(52-5)21-17-33/h8-10,12-21,25-26,28-29,36-38,40H,6-7,11,22,24,27H2,1-5H3,(H,45,46)(H,47,49,50)/t29?,36?,37-,38+,40+,57?/m0/s1. The van der Waals surface area contributed by atoms with E-state index in [0.717, 1.165) is 36.0 Å². The first kappa shape index (κ1) is 41.5. The second-order valence-electron chi connectivity index (χ2n) is 14.1. The molecule has 0 radical (unpaired) electrons. The minimum absolute atomic E-state index is 0.00584. The summed E-state index contributed by atoms with van der Waals surface area (Å²) in [5, 5.41) is 9.80. The van der Waals surface area contributed by atoms with Gasteiger partial charge in [-0.3, -0.25) is 14.3 Å². The third-order valence-electron chi connectivity index (χ3n) is 10.4. The van der Waals surface area contributed by atoms with Crippen LogP contribution in [0.2, 0.25) is 0 Å². The Labute approximate surface area is 333 Å². The fraction of sp³-hybridized carbons (Fsp3) is 0.395. The van der Waals surface area contributed by atoms with Gasteiger partial charge in [-0.05, 0) is 60.2 Å². The van der Waals surface area contributed by atoms with Gasteiger partial charge in [0.15, 0.2) is 0 Å². The summed E-state index contributed by atoms with van der Waals surface area (Å²) in [5.41, 5.74) is 1.30. The number of methoxy groups -OCH3 is 2. The number of nitrogens with zero attached hydrogens (tertiary/aromatic N) is 3. The third kappa shape index (κ3) is 9.55. The first-order chi connectivity index (χ1) is 27.7. The number of hydrogen-bond acceptors (Lipinski definition) is 10. The Kier molecular flexibility index (Phi) is 14.1. The molecule has 0 amide bonds. The lowest BCUT2D eigenvalue weighted by Crippen LogP contribution is -2.38. The van der Waals surface area contributed by atoms with Crippen LogP contribution in [0.25, 0.3) is 0 Å². The molecular formula is C43H50N5O8P. The van der Waals surface area contributed by atoms with Gasteiger partial charge in [0.1, 0.15) is 34.9 Å². The molecule has 0 bridgehead atoms. The zero-order valence-electron chi connectivity index (χ0n) is 32.9. The quantitative estimate of drug-likeness (QED) is 0.0656. The molecule has 3 unspecified atom stereocenters. The number of nitriles is 1. The van der Waals surface area contributed by atoms with Crippen LogP contribution in [-0.4, -0.2) is 58.7 Å². The number of aryl methyl sites for hydroxylation is 1. The lowest BCUT2D eigenvalue weighted by Gasteiger charge is -2.37. The molecule has 1 aliphatic heterocycles. The van der Waals surface area contributed by atoms with Crippen molar-refractivity contribution in [1.82, 2.24) is 19.5 Å². The van der Waals surface area contributed by atoms with Crippen molar-refractivity contribution in [1.29, 1.82) is 5.26 Å². The maximum Gasteiger partial charge on any atom is 0.330 e. The van der Waals surface area contributed by atoms with Crippen molar-refractivity contribution >= 4 is 13.8 Å². The van der Waals surface area contributed by atoms with Crippen LogP contribution in [0.15, 0.2) is 107 Å². The lowest BCUT2D eigenvalue weighted by atomic mass is 9.80. The van der Waals surface area contributed by atoms with Gasteiger partial charge in [-0.1, -0.05) is 81.3 Å². The van der Waals surface area contributed by atoms with Gasteiger partial charge >= 0.3 is 5.69 Å². The van der Waals surface area contributed by atoms with Gasteiger partial charge in [-0.2, -0.15) is 5.26 Å². The highest BCUT2D eigenvalue weighted by atomic mass is 31.2. The maximum absolute atomic E-state index is 13.2. The van der Waals surface area contributed by atoms with Crippen molar-refractivity contribution in [2.75, 3.05) is 20.8 Å². The number of nitrogens with one attached hydrogen (secondary N) is 2. The smallest absolute Gasteiger partial charge is 0.330 e. The molecule has 0 aliphatic carbocycles. The number of rotatable bonds is 19. The number of aromatic amines is 2. The molecule has 13 nitrogen and oxygen atoms in total. The van der Waals surface area contributed by atoms with Crippen molar-refractivity contribution in [3.05, 3.63) is 141 Å². The fourth-order valence-corrected chi connectivity index (χ4v) is 8.69. The summed E-state index contributed by atoms with van der Waals surface area (Å²) in [4.78, 5) is 35.4. The summed E-state index contributed by atoms with van der Waals surface area (Å²) in [6.45, 7) is 5.87. The zero-order chi connectivity index (χ0) is 40.4. The molecule has 300 valence electrons. The SMILES string of the molecule is CCCCC(C)C(CC#N)OP(O[C@H]1C[C@H](n2cc(C)c(=O)[nH]c2=O)O[C@@H]1COC(c1ccccc1)(c1ccc(OC)cc1)c1ccc(OC)cc1)c1cnc[nH]1. The zero-order valence-corrected chi connectivity index (χ0v) is 33.8. The number of aromatic nitrogens is 4. The number of ether oxygens (including phenoxy) is 4. The van der Waals surface area contributed by atoms with E-state index in [1.807, 2.05) is 78.9 Å². The van der Waals surface area contributed by atoms with E-state index in [9.17, 15) is 14.9 Å². The lowest BCUT2D eigenvalue weighted by molar-refractivity contribution is -0.0919. The highest BCUT2D eigenvalue weighted by Crippen LogP contribution is 2.47. The molecule has 5 aromatic rings. The van der Waals surface area contributed by atoms with Crippen LogP contribution in [0.4, 0.5) is 0 Å². The first-order valence-electron chi connectivity index (χ1n) is 19.2. The monoisotopic (exact) mass is 795 g/mol. The van der Waals surface area contributed by atoms with Crippen LogP contribution in [0.1, 0.15) is 74.4 Å². The van der Waals surface area contributed by atoms with E-state index in [0.29, 0.717) is 22.5 Å². The largest absolute Gasteiger partial charge is 0.497 e. The number of unbranched alkanes of at least 4 members (excludes halogenated alkanes) is 1. The summed E-state index contributed by atoms with van der Waals surface area (Å²) < 4.78 is 40.0. The van der Waals surface area contributed by atoms with Gasteiger partial charge in [-0.25, -0.2) is 9.78 Å². The van der Waals surface area contributed by atoms with Crippen LogP contribution < -0.4 is 26.2 Å². The average Bonchev–Trinajstić information content (AvgIpc) is 3.93. The van der Waals surface area contributed by atoms with Gasteiger partial charge in [0.25, 0.3) is 5.56 Å². The van der Waals surface area contributed by atoms with E-state index in [4.69, 9.17) is 28.0 Å². The second kappa shape index (κ2) is 19.4. The van der Waals surface area contributed by atoms with E-state index < -0.39 is 49.8 Å². The van der Waals surface area contributed by atoms with Gasteiger partial charge in [0.2, 0.25) is 8.38 Å². The second-order valence-corrected chi connectivity index (χ2v) is 15.5. The van der Waals surface area contributed by atoms with E-state index >= 15 is 0 Å². The molecule has 2 aromatic heterocycles. The number of H-pyrrole nitrogens is 2. The first-order valence-corrected chi connectivity index (χ1v) is 20.3. The molecular weight excluding hydrogens is 745 g/mol. The highest BCUT2D eigenvalue weighted by Gasteiger charge is 2.44. The predicted octanol–water partition coefficient (Wildman–Crippen LogP) is 7.03. The van der Waals surface area contributed by atoms with Crippen LogP contribution in [0.5, 0.6) is 11.5 Å². The summed E-state index contributed by atoms with van der Waals surface area (Å²) in [6, 6.07) is 27.7. The molecule has 0 saturated carbocycles. The van der Waals surface area contributed by atoms with Gasteiger partial charge in [0.05, 0.1) is 58.0 Å². The Morgan fingerprint density at radius 1 is 1.00 bits per heavy atom. The van der Waals surface area contributed by atoms with Gasteiger partial charge < -0.3 is 33.0 Å². The molecule has 1 aliphatic rings. The van der Waals surface area contributed by atoms with Crippen molar-refractivity contribution in [2.45, 2.75) is 83.0 Å². The molecule has 57 heavy (non-hydrogen) atoms. The summed E-state index contributed by atoms with van der Waals surface area (Å²) in [6.07, 6.45) is 5.45. The Balaban J connectivity index is 1.42. The number of benzene rings is 3. The van der Waals surface area contributed by atoms with Crippen LogP contribution in [-0.2, 0) is 24.1 Å². The maximum atomic E-state index is 13.2. The summed E-state index contributed by atoms with van der Waals surface area (Å²) in [5.74, 6) is 1.48. The molecule has 6 rings (SSSR count). The third-order valence-corrected chi connectivity index (χ3v) is 11.9. The molecule has 1 saturated heterocycles. The van der Waals surface area contributed by atoms with Crippen molar-refractivity contribution in [3.63, 3.8) is 0 Å². The molecule has 3 heterocycles. The highest BCUT2D eigenvalue weighted by molar-refractivity contribution is 7.55. The minimum atomic E-state index is -1.82.